The van der Waals surface area contributed by atoms with Crippen molar-refractivity contribution in [2.75, 3.05) is 27.2 Å². The molecule has 1 heterocycles. The molecule has 23 heavy (non-hydrogen) atoms. The molecule has 4 heteroatoms. The SMILES string of the molecule is CN(CCN(C)C1CCCC1)C(=O)C1(c2cccs2)CC1(C)C. The van der Waals surface area contributed by atoms with Crippen LogP contribution < -0.4 is 0 Å². The standard InChI is InChI=1S/C19H30N2OS/c1-18(2)14-19(18,16-10-7-13-23-16)17(22)21(4)12-11-20(3)15-8-5-6-9-15/h7,10,13,15H,5-6,8-9,11-12,14H2,1-4H3. The Morgan fingerprint density at radius 1 is 1.26 bits per heavy atom. The first-order chi connectivity index (χ1) is 10.9. The van der Waals surface area contributed by atoms with Gasteiger partial charge in [-0.2, -0.15) is 0 Å². The van der Waals surface area contributed by atoms with Crippen LogP contribution in [0.25, 0.3) is 0 Å². The number of amides is 1. The van der Waals surface area contributed by atoms with Gasteiger partial charge in [-0.1, -0.05) is 32.8 Å². The lowest BCUT2D eigenvalue weighted by Gasteiger charge is -2.29. The van der Waals surface area contributed by atoms with Gasteiger partial charge in [-0.25, -0.2) is 0 Å². The number of carbonyl (C=O) groups is 1. The molecule has 2 aliphatic carbocycles. The van der Waals surface area contributed by atoms with E-state index in [2.05, 4.69) is 43.3 Å². The molecule has 2 saturated carbocycles. The average Bonchev–Trinajstić information content (AvgIpc) is 3.03. The molecule has 1 amide bonds. The molecule has 3 nitrogen and oxygen atoms in total. The van der Waals surface area contributed by atoms with E-state index in [1.807, 2.05) is 11.9 Å². The van der Waals surface area contributed by atoms with Gasteiger partial charge in [-0.05, 0) is 43.2 Å². The maximum Gasteiger partial charge on any atom is 0.234 e. The van der Waals surface area contributed by atoms with Crippen molar-refractivity contribution in [3.63, 3.8) is 0 Å². The smallest absolute Gasteiger partial charge is 0.234 e. The summed E-state index contributed by atoms with van der Waals surface area (Å²) in [6.45, 7) is 6.26. The quantitative estimate of drug-likeness (QED) is 0.791. The van der Waals surface area contributed by atoms with Crippen molar-refractivity contribution >= 4 is 17.2 Å². The van der Waals surface area contributed by atoms with Crippen molar-refractivity contribution in [2.24, 2.45) is 5.41 Å². The Morgan fingerprint density at radius 3 is 2.43 bits per heavy atom. The second kappa shape index (κ2) is 6.21. The molecule has 1 aromatic heterocycles. The normalized spacial score (nSPS) is 26.7. The number of hydrogen-bond acceptors (Lipinski definition) is 3. The van der Waals surface area contributed by atoms with E-state index < -0.39 is 0 Å². The lowest BCUT2D eigenvalue weighted by molar-refractivity contribution is -0.133. The zero-order valence-electron chi connectivity index (χ0n) is 15.0. The summed E-state index contributed by atoms with van der Waals surface area (Å²) in [5.41, 5.74) is -0.192. The molecule has 0 radical (unpaired) electrons. The molecule has 3 rings (SSSR count). The molecule has 1 atom stereocenters. The van der Waals surface area contributed by atoms with Crippen LogP contribution in [-0.2, 0) is 10.2 Å². The predicted molar refractivity (Wildman–Crippen MR) is 96.9 cm³/mol. The van der Waals surface area contributed by atoms with Crippen molar-refractivity contribution in [3.8, 4) is 0 Å². The number of thiophene rings is 1. The first-order valence-corrected chi connectivity index (χ1v) is 9.76. The fraction of sp³-hybridized carbons (Fsp3) is 0.737. The Balaban J connectivity index is 1.62. The van der Waals surface area contributed by atoms with Crippen molar-refractivity contribution in [3.05, 3.63) is 22.4 Å². The monoisotopic (exact) mass is 334 g/mol. The Labute approximate surface area is 144 Å². The van der Waals surface area contributed by atoms with E-state index in [-0.39, 0.29) is 10.8 Å². The first-order valence-electron chi connectivity index (χ1n) is 8.88. The van der Waals surface area contributed by atoms with Crippen LogP contribution >= 0.6 is 11.3 Å². The summed E-state index contributed by atoms with van der Waals surface area (Å²) in [7, 11) is 4.19. The number of nitrogens with zero attached hydrogens (tertiary/aromatic N) is 2. The van der Waals surface area contributed by atoms with Crippen LogP contribution in [0.1, 0.15) is 50.8 Å². The van der Waals surface area contributed by atoms with Crippen molar-refractivity contribution < 1.29 is 4.79 Å². The summed E-state index contributed by atoms with van der Waals surface area (Å²) in [5.74, 6) is 0.310. The Kier molecular flexibility index (Phi) is 4.58. The number of hydrogen-bond donors (Lipinski definition) is 0. The minimum Gasteiger partial charge on any atom is -0.344 e. The molecule has 0 aliphatic heterocycles. The van der Waals surface area contributed by atoms with Gasteiger partial charge in [0.15, 0.2) is 0 Å². The fourth-order valence-electron chi connectivity index (χ4n) is 4.29. The summed E-state index contributed by atoms with van der Waals surface area (Å²) >= 11 is 1.73. The van der Waals surface area contributed by atoms with Gasteiger partial charge in [0.1, 0.15) is 0 Å². The first kappa shape index (κ1) is 17.0. The molecule has 1 unspecified atom stereocenters. The molecule has 0 N–H and O–H groups in total. The second-order valence-electron chi connectivity index (χ2n) is 8.09. The van der Waals surface area contributed by atoms with Crippen LogP contribution in [0.5, 0.6) is 0 Å². The van der Waals surface area contributed by atoms with Gasteiger partial charge in [-0.3, -0.25) is 4.79 Å². The fourth-order valence-corrected chi connectivity index (χ4v) is 5.39. The molecule has 2 fully saturated rings. The van der Waals surface area contributed by atoms with E-state index in [4.69, 9.17) is 0 Å². The van der Waals surface area contributed by atoms with Gasteiger partial charge in [-0.15, -0.1) is 11.3 Å². The summed E-state index contributed by atoms with van der Waals surface area (Å²) in [6, 6.07) is 4.93. The van der Waals surface area contributed by atoms with Gasteiger partial charge >= 0.3 is 0 Å². The van der Waals surface area contributed by atoms with Crippen LogP contribution in [0.3, 0.4) is 0 Å². The largest absolute Gasteiger partial charge is 0.344 e. The summed E-state index contributed by atoms with van der Waals surface area (Å²) < 4.78 is 0. The molecular weight excluding hydrogens is 304 g/mol. The average molecular weight is 335 g/mol. The lowest BCUT2D eigenvalue weighted by Crippen LogP contribution is -2.43. The van der Waals surface area contributed by atoms with Crippen LogP contribution in [0.4, 0.5) is 0 Å². The van der Waals surface area contributed by atoms with Gasteiger partial charge in [0, 0.05) is 31.1 Å². The van der Waals surface area contributed by atoms with Crippen molar-refractivity contribution in [2.45, 2.75) is 57.4 Å². The van der Waals surface area contributed by atoms with E-state index >= 15 is 0 Å². The van der Waals surface area contributed by atoms with Crippen LogP contribution in [-0.4, -0.2) is 48.9 Å². The van der Waals surface area contributed by atoms with E-state index in [0.717, 1.165) is 25.6 Å². The minimum absolute atomic E-state index is 0.0839. The third-order valence-corrected chi connectivity index (χ3v) is 7.16. The minimum atomic E-state index is -0.276. The van der Waals surface area contributed by atoms with E-state index in [0.29, 0.717) is 5.91 Å². The second-order valence-corrected chi connectivity index (χ2v) is 9.04. The number of rotatable bonds is 6. The molecule has 2 aliphatic rings. The van der Waals surface area contributed by atoms with Crippen LogP contribution in [0.15, 0.2) is 17.5 Å². The lowest BCUT2D eigenvalue weighted by atomic mass is 9.92. The Bertz CT molecular complexity index is 548. The Morgan fingerprint density at radius 2 is 1.91 bits per heavy atom. The number of likely N-dealkylation sites (N-methyl/N-ethyl adjacent to an activating group) is 2. The van der Waals surface area contributed by atoms with Gasteiger partial charge in [0.05, 0.1) is 5.41 Å². The molecule has 128 valence electrons. The summed E-state index contributed by atoms with van der Waals surface area (Å²) in [4.78, 5) is 18.9. The topological polar surface area (TPSA) is 23.6 Å². The summed E-state index contributed by atoms with van der Waals surface area (Å²) in [5, 5.41) is 2.09. The predicted octanol–water partition coefficient (Wildman–Crippen LogP) is 3.75. The van der Waals surface area contributed by atoms with Gasteiger partial charge in [0.25, 0.3) is 0 Å². The molecule has 0 spiro atoms. The summed E-state index contributed by atoms with van der Waals surface area (Å²) in [6.07, 6.45) is 6.34. The highest BCUT2D eigenvalue weighted by molar-refractivity contribution is 7.10. The molecular formula is C19H30N2OS. The van der Waals surface area contributed by atoms with Gasteiger partial charge in [0.2, 0.25) is 5.91 Å². The highest BCUT2D eigenvalue weighted by atomic mass is 32.1. The number of carbonyl (C=O) groups excluding carboxylic acids is 1. The zero-order chi connectivity index (χ0) is 16.7. The van der Waals surface area contributed by atoms with E-state index in [9.17, 15) is 4.79 Å². The maximum atomic E-state index is 13.2. The highest BCUT2D eigenvalue weighted by Crippen LogP contribution is 2.65. The van der Waals surface area contributed by atoms with Crippen molar-refractivity contribution in [1.82, 2.24) is 9.80 Å². The van der Waals surface area contributed by atoms with Crippen LogP contribution in [0, 0.1) is 5.41 Å². The Hall–Kier alpha value is -0.870. The third-order valence-electron chi connectivity index (χ3n) is 6.13. The van der Waals surface area contributed by atoms with Crippen LogP contribution in [0.2, 0.25) is 0 Å². The third kappa shape index (κ3) is 2.96. The van der Waals surface area contributed by atoms with E-state index in [1.54, 1.807) is 11.3 Å². The molecule has 0 bridgehead atoms. The maximum absolute atomic E-state index is 13.2. The molecule has 0 saturated heterocycles. The zero-order valence-corrected chi connectivity index (χ0v) is 15.8. The van der Waals surface area contributed by atoms with E-state index in [1.165, 1.54) is 30.6 Å². The molecule has 1 aromatic rings. The van der Waals surface area contributed by atoms with Crippen molar-refractivity contribution in [1.29, 1.82) is 0 Å². The van der Waals surface area contributed by atoms with Gasteiger partial charge < -0.3 is 9.80 Å². The molecule has 0 aromatic carbocycles. The highest BCUT2D eigenvalue weighted by Gasteiger charge is 2.68.